The van der Waals surface area contributed by atoms with E-state index in [0.717, 1.165) is 31.4 Å². The van der Waals surface area contributed by atoms with Crippen molar-refractivity contribution in [2.75, 3.05) is 12.4 Å². The highest BCUT2D eigenvalue weighted by atomic mass is 35.5. The molecule has 3 saturated carbocycles. The van der Waals surface area contributed by atoms with Gasteiger partial charge in [-0.25, -0.2) is 9.97 Å². The monoisotopic (exact) mass is 552 g/mol. The first-order chi connectivity index (χ1) is 18.4. The average Bonchev–Trinajstić information content (AvgIpc) is 3.30. The Kier molecular flexibility index (Phi) is 6.58. The van der Waals surface area contributed by atoms with Gasteiger partial charge in [0.15, 0.2) is 15.6 Å². The van der Waals surface area contributed by atoms with Crippen LogP contribution >= 0.6 is 22.9 Å². The van der Waals surface area contributed by atoms with Crippen LogP contribution in [0.3, 0.4) is 0 Å². The molecule has 196 valence electrons. The third-order valence-electron chi connectivity index (χ3n) is 7.28. The first-order valence-electron chi connectivity index (χ1n) is 12.3. The lowest BCUT2D eigenvalue weighted by Crippen LogP contribution is -2.46. The number of aliphatic hydroxyl groups is 1. The van der Waals surface area contributed by atoms with Crippen LogP contribution in [0.4, 0.5) is 5.13 Å². The van der Waals surface area contributed by atoms with Crippen LogP contribution in [0.15, 0.2) is 30.7 Å². The molecule has 0 saturated heterocycles. The summed E-state index contributed by atoms with van der Waals surface area (Å²) in [7, 11) is 1.53. The number of anilines is 1. The topological polar surface area (TPSA) is 132 Å². The third-order valence-corrected chi connectivity index (χ3v) is 8.34. The number of aliphatic hydroxyl groups excluding tert-OH is 1. The second-order valence-corrected chi connectivity index (χ2v) is 11.0. The molecule has 0 aromatic carbocycles. The maximum Gasteiger partial charge on any atom is 0.259 e. The molecule has 3 aliphatic rings. The summed E-state index contributed by atoms with van der Waals surface area (Å²) in [4.78, 5) is 35.7. The number of hydrogen-bond donors (Lipinski definition) is 2. The van der Waals surface area contributed by atoms with Gasteiger partial charge in [-0.05, 0) is 56.6 Å². The van der Waals surface area contributed by atoms with Crippen molar-refractivity contribution in [2.24, 2.45) is 11.8 Å². The molecule has 4 atom stereocenters. The number of carbonyl (C=O) groups excluding carboxylic acids is 1. The minimum atomic E-state index is -0.394. The molecule has 0 aliphatic heterocycles. The van der Waals surface area contributed by atoms with Crippen LogP contribution in [0.2, 0.25) is 5.15 Å². The number of thiazole rings is 1. The summed E-state index contributed by atoms with van der Waals surface area (Å²) in [6.45, 7) is 1.84. The van der Waals surface area contributed by atoms with Gasteiger partial charge in [-0.2, -0.15) is 9.97 Å². The Bertz CT molecular complexity index is 1530. The summed E-state index contributed by atoms with van der Waals surface area (Å²) >= 11 is 7.36. The Morgan fingerprint density at radius 1 is 1.08 bits per heavy atom. The lowest BCUT2D eigenvalue weighted by atomic mass is 9.67. The van der Waals surface area contributed by atoms with E-state index >= 15 is 0 Å². The van der Waals surface area contributed by atoms with E-state index < -0.39 is 5.91 Å². The number of aryl methyl sites for hydroxylation is 1. The number of amides is 1. The van der Waals surface area contributed by atoms with E-state index in [9.17, 15) is 9.90 Å². The second kappa shape index (κ2) is 10.0. The zero-order chi connectivity index (χ0) is 26.4. The summed E-state index contributed by atoms with van der Waals surface area (Å²) in [5.41, 5.74) is 2.71. The molecule has 0 spiro atoms. The normalized spacial score (nSPS) is 22.4. The van der Waals surface area contributed by atoms with E-state index in [0.29, 0.717) is 49.8 Å². The van der Waals surface area contributed by atoms with E-state index in [-0.39, 0.29) is 23.3 Å². The van der Waals surface area contributed by atoms with Gasteiger partial charge in [0, 0.05) is 23.0 Å². The van der Waals surface area contributed by atoms with Gasteiger partial charge in [0.1, 0.15) is 17.0 Å². The molecule has 3 aliphatic carbocycles. The fraction of sp³-hybridized carbons (Fsp3) is 0.385. The second-order valence-electron chi connectivity index (χ2n) is 9.68. The fourth-order valence-corrected chi connectivity index (χ4v) is 6.32. The van der Waals surface area contributed by atoms with E-state index in [4.69, 9.17) is 21.1 Å². The van der Waals surface area contributed by atoms with Gasteiger partial charge in [-0.3, -0.25) is 15.1 Å². The molecule has 2 N–H and O–H groups in total. The third kappa shape index (κ3) is 4.77. The van der Waals surface area contributed by atoms with Gasteiger partial charge >= 0.3 is 0 Å². The molecule has 1 amide bonds. The molecule has 4 unspecified atom stereocenters. The number of hydrogen-bond acceptors (Lipinski definition) is 10. The summed E-state index contributed by atoms with van der Waals surface area (Å²) in [5, 5.41) is 13.7. The van der Waals surface area contributed by atoms with Crippen molar-refractivity contribution in [1.82, 2.24) is 24.9 Å². The Morgan fingerprint density at radius 2 is 1.92 bits per heavy atom. The molecular weight excluding hydrogens is 528 g/mol. The van der Waals surface area contributed by atoms with Crippen molar-refractivity contribution in [3.05, 3.63) is 47.1 Å². The number of rotatable bonds is 6. The summed E-state index contributed by atoms with van der Waals surface area (Å²) in [6, 6.07) is 3.45. The number of carbonyl (C=O) groups is 1. The zero-order valence-corrected chi connectivity index (χ0v) is 22.3. The SMILES string of the molecule is COc1cnc(Cl)cc1-c1cc(C)ncc1C(=O)Nc1nc2ncc(OC3CC4CCC3CC4O)nc2s1. The Labute approximate surface area is 227 Å². The molecule has 38 heavy (non-hydrogen) atoms. The number of aromatic nitrogens is 5. The van der Waals surface area contributed by atoms with Crippen LogP contribution in [0.5, 0.6) is 11.6 Å². The molecule has 7 rings (SSSR count). The lowest BCUT2D eigenvalue weighted by molar-refractivity contribution is -0.0626. The molecule has 10 nitrogen and oxygen atoms in total. The quantitative estimate of drug-likeness (QED) is 0.327. The summed E-state index contributed by atoms with van der Waals surface area (Å²) < 4.78 is 11.6. The molecule has 2 bridgehead atoms. The Morgan fingerprint density at radius 3 is 2.68 bits per heavy atom. The van der Waals surface area contributed by atoms with E-state index in [1.165, 1.54) is 30.8 Å². The number of pyridine rings is 2. The minimum Gasteiger partial charge on any atom is -0.494 e. The molecule has 4 heterocycles. The van der Waals surface area contributed by atoms with Crippen LogP contribution < -0.4 is 14.8 Å². The van der Waals surface area contributed by atoms with Gasteiger partial charge in [0.25, 0.3) is 5.91 Å². The van der Waals surface area contributed by atoms with Crippen LogP contribution in [0, 0.1) is 18.8 Å². The highest BCUT2D eigenvalue weighted by Gasteiger charge is 2.42. The van der Waals surface area contributed by atoms with Crippen LogP contribution in [-0.2, 0) is 0 Å². The van der Waals surface area contributed by atoms with Crippen LogP contribution in [0.1, 0.15) is 41.7 Å². The predicted octanol–water partition coefficient (Wildman–Crippen LogP) is 4.69. The molecular formula is C26H25ClN6O4S. The van der Waals surface area contributed by atoms with Gasteiger partial charge < -0.3 is 14.6 Å². The van der Waals surface area contributed by atoms with E-state index in [1.54, 1.807) is 18.3 Å². The van der Waals surface area contributed by atoms with Gasteiger partial charge in [-0.15, -0.1) is 0 Å². The van der Waals surface area contributed by atoms with Crippen LogP contribution in [-0.4, -0.2) is 55.3 Å². The number of nitrogens with one attached hydrogen (secondary N) is 1. The van der Waals surface area contributed by atoms with Crippen molar-refractivity contribution in [2.45, 2.75) is 44.8 Å². The van der Waals surface area contributed by atoms with Crippen molar-refractivity contribution in [1.29, 1.82) is 0 Å². The fourth-order valence-electron chi connectivity index (χ4n) is 5.38. The minimum absolute atomic E-state index is 0.0298. The molecule has 4 aromatic rings. The average molecular weight is 553 g/mol. The molecule has 0 radical (unpaired) electrons. The predicted molar refractivity (Wildman–Crippen MR) is 143 cm³/mol. The Balaban J connectivity index is 1.24. The smallest absolute Gasteiger partial charge is 0.259 e. The highest BCUT2D eigenvalue weighted by Crippen LogP contribution is 2.43. The number of nitrogens with zero attached hydrogens (tertiary/aromatic N) is 5. The molecule has 4 aromatic heterocycles. The van der Waals surface area contributed by atoms with Crippen molar-refractivity contribution in [3.63, 3.8) is 0 Å². The maximum absolute atomic E-state index is 13.4. The first-order valence-corrected chi connectivity index (χ1v) is 13.5. The zero-order valence-electron chi connectivity index (χ0n) is 20.7. The summed E-state index contributed by atoms with van der Waals surface area (Å²) in [5.74, 6) is 1.13. The van der Waals surface area contributed by atoms with Gasteiger partial charge in [-0.1, -0.05) is 22.9 Å². The van der Waals surface area contributed by atoms with E-state index in [2.05, 4.69) is 30.2 Å². The van der Waals surface area contributed by atoms with Crippen LogP contribution in [0.25, 0.3) is 21.6 Å². The number of ether oxygens (including phenoxy) is 2. The maximum atomic E-state index is 13.4. The number of halogens is 1. The largest absolute Gasteiger partial charge is 0.494 e. The first kappa shape index (κ1) is 24.9. The van der Waals surface area contributed by atoms with Crippen molar-refractivity contribution < 1.29 is 19.4 Å². The number of fused-ring (bicyclic) bond motifs is 4. The Hall–Kier alpha value is -3.41. The van der Waals surface area contributed by atoms with Gasteiger partial charge in [0.2, 0.25) is 5.88 Å². The van der Waals surface area contributed by atoms with Gasteiger partial charge in [0.05, 0.1) is 31.2 Å². The highest BCUT2D eigenvalue weighted by molar-refractivity contribution is 7.21. The molecule has 3 fully saturated rings. The molecule has 12 heteroatoms. The standard InChI is InChI=1S/C26H25ClN6O4S/c1-12-5-15(16-8-21(27)29-10-20(16)36-2)17(9-28-12)24(35)33-26-32-23-25(38-26)31-22(11-30-23)37-19-7-13-3-4-14(19)6-18(13)34/h5,8-11,13-14,18-19,34H,3-4,6-7H2,1-2H3,(H,30,32,33,35). The van der Waals surface area contributed by atoms with Crippen molar-refractivity contribution in [3.8, 4) is 22.8 Å². The van der Waals surface area contributed by atoms with E-state index in [1.807, 2.05) is 6.92 Å². The van der Waals surface area contributed by atoms with Crippen molar-refractivity contribution >= 4 is 44.5 Å². The number of methoxy groups -OCH3 is 1. The lowest BCUT2D eigenvalue weighted by Gasteiger charge is -2.44. The summed E-state index contributed by atoms with van der Waals surface area (Å²) in [6.07, 6.45) is 8.11.